The predicted molar refractivity (Wildman–Crippen MR) is 60.4 cm³/mol. The van der Waals surface area contributed by atoms with Crippen molar-refractivity contribution in [3.63, 3.8) is 0 Å². The third-order valence-corrected chi connectivity index (χ3v) is 2.72. The first-order chi connectivity index (χ1) is 7.38. The molecule has 0 amide bonds. The SMILES string of the molecule is N#CC1=Nc2c(ccc3ccccc23)C1. The van der Waals surface area contributed by atoms with Crippen LogP contribution in [0.3, 0.4) is 0 Å². The van der Waals surface area contributed by atoms with Gasteiger partial charge in [-0.1, -0.05) is 36.4 Å². The van der Waals surface area contributed by atoms with E-state index < -0.39 is 0 Å². The molecule has 0 saturated carbocycles. The summed E-state index contributed by atoms with van der Waals surface area (Å²) in [5, 5.41) is 11.1. The van der Waals surface area contributed by atoms with E-state index in [0.717, 1.165) is 16.6 Å². The maximum absolute atomic E-state index is 8.83. The molecule has 0 aromatic heterocycles. The third-order valence-electron chi connectivity index (χ3n) is 2.72. The molecule has 0 aliphatic carbocycles. The van der Waals surface area contributed by atoms with Crippen LogP contribution in [-0.4, -0.2) is 5.71 Å². The van der Waals surface area contributed by atoms with Crippen molar-refractivity contribution >= 4 is 22.2 Å². The van der Waals surface area contributed by atoms with Crippen LogP contribution in [0.15, 0.2) is 41.4 Å². The van der Waals surface area contributed by atoms with Gasteiger partial charge in [0.05, 0.1) is 5.69 Å². The maximum atomic E-state index is 8.83. The van der Waals surface area contributed by atoms with Gasteiger partial charge >= 0.3 is 0 Å². The molecule has 2 nitrogen and oxygen atoms in total. The number of hydrogen-bond donors (Lipinski definition) is 0. The largest absolute Gasteiger partial charge is 0.241 e. The molecule has 15 heavy (non-hydrogen) atoms. The first-order valence-corrected chi connectivity index (χ1v) is 4.87. The summed E-state index contributed by atoms with van der Waals surface area (Å²) in [4.78, 5) is 4.35. The van der Waals surface area contributed by atoms with E-state index in [9.17, 15) is 0 Å². The van der Waals surface area contributed by atoms with Gasteiger partial charge in [-0.05, 0) is 10.9 Å². The van der Waals surface area contributed by atoms with Crippen molar-refractivity contribution in [3.05, 3.63) is 42.0 Å². The zero-order chi connectivity index (χ0) is 10.3. The van der Waals surface area contributed by atoms with Crippen molar-refractivity contribution in [2.75, 3.05) is 0 Å². The lowest BCUT2D eigenvalue weighted by atomic mass is 10.0. The van der Waals surface area contributed by atoms with Crippen LogP contribution in [0, 0.1) is 11.3 Å². The Kier molecular flexibility index (Phi) is 1.60. The summed E-state index contributed by atoms with van der Waals surface area (Å²) in [5.41, 5.74) is 2.75. The van der Waals surface area contributed by atoms with Gasteiger partial charge in [0.1, 0.15) is 11.8 Å². The minimum absolute atomic E-state index is 0.612. The standard InChI is InChI=1S/C13H8N2/c14-8-11-7-10-6-5-9-3-1-2-4-12(9)13(10)15-11/h1-6H,7H2. The van der Waals surface area contributed by atoms with Gasteiger partial charge in [0.15, 0.2) is 0 Å². The Morgan fingerprint density at radius 2 is 2.00 bits per heavy atom. The van der Waals surface area contributed by atoms with Gasteiger partial charge in [-0.3, -0.25) is 0 Å². The highest BCUT2D eigenvalue weighted by atomic mass is 14.8. The third kappa shape index (κ3) is 1.14. The number of aliphatic imine (C=N–C) groups is 1. The summed E-state index contributed by atoms with van der Waals surface area (Å²) in [6.07, 6.45) is 0.677. The fraction of sp³-hybridized carbons (Fsp3) is 0.0769. The lowest BCUT2D eigenvalue weighted by Gasteiger charge is -2.01. The Morgan fingerprint density at radius 3 is 2.87 bits per heavy atom. The Balaban J connectivity index is 2.37. The molecule has 0 saturated heterocycles. The number of nitriles is 1. The fourth-order valence-electron chi connectivity index (χ4n) is 1.99. The van der Waals surface area contributed by atoms with Gasteiger partial charge in [0.25, 0.3) is 0 Å². The molecule has 0 spiro atoms. The maximum Gasteiger partial charge on any atom is 0.122 e. The minimum atomic E-state index is 0.612. The first kappa shape index (κ1) is 8.19. The van der Waals surface area contributed by atoms with Crippen LogP contribution < -0.4 is 0 Å². The van der Waals surface area contributed by atoms with E-state index in [4.69, 9.17) is 5.26 Å². The number of benzene rings is 2. The van der Waals surface area contributed by atoms with Gasteiger partial charge in [0, 0.05) is 11.8 Å². The number of fused-ring (bicyclic) bond motifs is 3. The quantitative estimate of drug-likeness (QED) is 0.632. The molecular formula is C13H8N2. The van der Waals surface area contributed by atoms with Crippen LogP contribution in [0.1, 0.15) is 5.56 Å². The highest BCUT2D eigenvalue weighted by Crippen LogP contribution is 2.34. The number of nitrogens with zero attached hydrogens (tertiary/aromatic N) is 2. The summed E-state index contributed by atoms with van der Waals surface area (Å²) < 4.78 is 0. The van der Waals surface area contributed by atoms with Crippen LogP contribution in [0.25, 0.3) is 10.8 Å². The Hall–Kier alpha value is -2.14. The fourth-order valence-corrected chi connectivity index (χ4v) is 1.99. The smallest absolute Gasteiger partial charge is 0.122 e. The van der Waals surface area contributed by atoms with Gasteiger partial charge in [0.2, 0.25) is 0 Å². The molecule has 1 aliphatic heterocycles. The van der Waals surface area contributed by atoms with E-state index in [1.54, 1.807) is 0 Å². The summed E-state index contributed by atoms with van der Waals surface area (Å²) in [5.74, 6) is 0. The molecule has 0 unspecified atom stereocenters. The molecule has 0 atom stereocenters. The molecule has 2 heteroatoms. The second-order valence-electron chi connectivity index (χ2n) is 3.64. The summed E-state index contributed by atoms with van der Waals surface area (Å²) in [7, 11) is 0. The number of hydrogen-bond acceptors (Lipinski definition) is 2. The van der Waals surface area contributed by atoms with Crippen molar-refractivity contribution in [2.24, 2.45) is 4.99 Å². The van der Waals surface area contributed by atoms with Gasteiger partial charge < -0.3 is 0 Å². The lowest BCUT2D eigenvalue weighted by Crippen LogP contribution is -1.91. The van der Waals surface area contributed by atoms with E-state index in [1.165, 1.54) is 5.39 Å². The Labute approximate surface area is 87.5 Å². The monoisotopic (exact) mass is 192 g/mol. The molecule has 0 N–H and O–H groups in total. The van der Waals surface area contributed by atoms with E-state index in [1.807, 2.05) is 12.1 Å². The Bertz CT molecular complexity index is 618. The van der Waals surface area contributed by atoms with E-state index in [-0.39, 0.29) is 0 Å². The van der Waals surface area contributed by atoms with Crippen molar-refractivity contribution < 1.29 is 0 Å². The van der Waals surface area contributed by atoms with E-state index in [0.29, 0.717) is 12.1 Å². The summed E-state index contributed by atoms with van der Waals surface area (Å²) in [6, 6.07) is 14.4. The normalized spacial score (nSPS) is 13.4. The molecule has 1 heterocycles. The first-order valence-electron chi connectivity index (χ1n) is 4.87. The van der Waals surface area contributed by atoms with Gasteiger partial charge in [-0.25, -0.2) is 4.99 Å². The predicted octanol–water partition coefficient (Wildman–Crippen LogP) is 2.99. The second kappa shape index (κ2) is 2.93. The van der Waals surface area contributed by atoms with Crippen molar-refractivity contribution in [1.29, 1.82) is 5.26 Å². The van der Waals surface area contributed by atoms with E-state index in [2.05, 4.69) is 35.3 Å². The molecule has 70 valence electrons. The van der Waals surface area contributed by atoms with Crippen molar-refractivity contribution in [1.82, 2.24) is 0 Å². The van der Waals surface area contributed by atoms with Crippen LogP contribution in [-0.2, 0) is 6.42 Å². The molecule has 2 aromatic rings. The average molecular weight is 192 g/mol. The van der Waals surface area contributed by atoms with Crippen LogP contribution in [0.4, 0.5) is 5.69 Å². The Morgan fingerprint density at radius 1 is 1.13 bits per heavy atom. The number of rotatable bonds is 0. The molecule has 3 rings (SSSR count). The van der Waals surface area contributed by atoms with Gasteiger partial charge in [-0.2, -0.15) is 5.26 Å². The summed E-state index contributed by atoms with van der Waals surface area (Å²) in [6.45, 7) is 0. The van der Waals surface area contributed by atoms with Crippen LogP contribution >= 0.6 is 0 Å². The van der Waals surface area contributed by atoms with Crippen LogP contribution in [0.5, 0.6) is 0 Å². The zero-order valence-corrected chi connectivity index (χ0v) is 8.07. The highest BCUT2D eigenvalue weighted by molar-refractivity contribution is 6.09. The second-order valence-corrected chi connectivity index (χ2v) is 3.64. The van der Waals surface area contributed by atoms with Crippen molar-refractivity contribution in [2.45, 2.75) is 6.42 Å². The molecular weight excluding hydrogens is 184 g/mol. The molecule has 0 radical (unpaired) electrons. The summed E-state index contributed by atoms with van der Waals surface area (Å²) >= 11 is 0. The lowest BCUT2D eigenvalue weighted by molar-refractivity contribution is 1.41. The van der Waals surface area contributed by atoms with Crippen molar-refractivity contribution in [3.8, 4) is 6.07 Å². The minimum Gasteiger partial charge on any atom is -0.241 e. The van der Waals surface area contributed by atoms with E-state index >= 15 is 0 Å². The zero-order valence-electron chi connectivity index (χ0n) is 8.07. The molecule has 1 aliphatic rings. The topological polar surface area (TPSA) is 36.1 Å². The molecule has 0 fully saturated rings. The molecule has 0 bridgehead atoms. The highest BCUT2D eigenvalue weighted by Gasteiger charge is 2.15. The molecule has 2 aromatic carbocycles. The average Bonchev–Trinajstić information content (AvgIpc) is 2.72. The van der Waals surface area contributed by atoms with Crippen LogP contribution in [0.2, 0.25) is 0 Å². The van der Waals surface area contributed by atoms with Gasteiger partial charge in [-0.15, -0.1) is 0 Å².